The standard InChI is InChI=1S/C10H11N3O/c14-10-9-4-8(6-12-9)13(10)7-2-1-3-11-5-7/h1-3,5,8-9,12H,4,6H2. The fraction of sp³-hybridized carbons (Fsp3) is 0.400. The molecule has 0 aliphatic carbocycles. The van der Waals surface area contributed by atoms with Crippen molar-refractivity contribution in [2.45, 2.75) is 18.5 Å². The Bertz CT molecular complexity index is 365. The molecule has 1 N–H and O–H groups in total. The molecule has 2 bridgehead atoms. The third-order valence-corrected chi connectivity index (χ3v) is 2.93. The molecule has 0 radical (unpaired) electrons. The summed E-state index contributed by atoms with van der Waals surface area (Å²) in [5, 5.41) is 3.19. The second-order valence-corrected chi connectivity index (χ2v) is 3.77. The Morgan fingerprint density at radius 1 is 1.57 bits per heavy atom. The third-order valence-electron chi connectivity index (χ3n) is 2.93. The normalized spacial score (nSPS) is 30.0. The first-order chi connectivity index (χ1) is 6.86. The number of aromatic nitrogens is 1. The zero-order valence-corrected chi connectivity index (χ0v) is 7.68. The lowest BCUT2D eigenvalue weighted by Crippen LogP contribution is -2.48. The van der Waals surface area contributed by atoms with Crippen LogP contribution in [0, 0.1) is 0 Å². The molecular formula is C10H11N3O. The Kier molecular flexibility index (Phi) is 1.58. The van der Waals surface area contributed by atoms with E-state index in [-0.39, 0.29) is 11.9 Å². The van der Waals surface area contributed by atoms with Gasteiger partial charge in [-0.15, -0.1) is 0 Å². The Labute approximate surface area is 81.9 Å². The number of amides is 1. The average Bonchev–Trinajstić information content (AvgIpc) is 2.79. The van der Waals surface area contributed by atoms with E-state index in [0.29, 0.717) is 6.04 Å². The third kappa shape index (κ3) is 0.974. The molecule has 0 spiro atoms. The molecule has 72 valence electrons. The largest absolute Gasteiger partial charge is 0.305 e. The van der Waals surface area contributed by atoms with E-state index < -0.39 is 0 Å². The van der Waals surface area contributed by atoms with Crippen molar-refractivity contribution in [1.29, 1.82) is 0 Å². The number of carbonyl (C=O) groups is 1. The quantitative estimate of drug-likeness (QED) is 0.684. The van der Waals surface area contributed by atoms with E-state index in [1.165, 1.54) is 0 Å². The molecule has 1 aromatic rings. The summed E-state index contributed by atoms with van der Waals surface area (Å²) in [6.07, 6.45) is 4.41. The maximum atomic E-state index is 11.8. The molecule has 2 unspecified atom stereocenters. The minimum absolute atomic E-state index is 0.0419. The Hall–Kier alpha value is -1.42. The van der Waals surface area contributed by atoms with Gasteiger partial charge in [-0.1, -0.05) is 0 Å². The van der Waals surface area contributed by atoms with E-state index in [4.69, 9.17) is 0 Å². The minimum Gasteiger partial charge on any atom is -0.305 e. The van der Waals surface area contributed by atoms with Crippen molar-refractivity contribution in [3.63, 3.8) is 0 Å². The summed E-state index contributed by atoms with van der Waals surface area (Å²) in [5.41, 5.74) is 0.923. The molecule has 2 fully saturated rings. The maximum absolute atomic E-state index is 11.8. The van der Waals surface area contributed by atoms with Crippen molar-refractivity contribution in [1.82, 2.24) is 10.3 Å². The van der Waals surface area contributed by atoms with Gasteiger partial charge in [0.2, 0.25) is 5.91 Å². The number of carbonyl (C=O) groups excluding carboxylic acids is 1. The number of nitrogens with one attached hydrogen (secondary N) is 1. The van der Waals surface area contributed by atoms with Gasteiger partial charge in [0.25, 0.3) is 0 Å². The number of nitrogens with zero attached hydrogens (tertiary/aromatic N) is 2. The van der Waals surface area contributed by atoms with E-state index in [1.54, 1.807) is 12.4 Å². The van der Waals surface area contributed by atoms with Crippen LogP contribution in [0.15, 0.2) is 24.5 Å². The number of hydrogen-bond acceptors (Lipinski definition) is 3. The molecule has 0 aromatic carbocycles. The second kappa shape index (κ2) is 2.78. The van der Waals surface area contributed by atoms with Crippen LogP contribution in [0.3, 0.4) is 0 Å². The summed E-state index contributed by atoms with van der Waals surface area (Å²) in [5.74, 6) is 0.189. The smallest absolute Gasteiger partial charge is 0.244 e. The van der Waals surface area contributed by atoms with Crippen LogP contribution in [0.5, 0.6) is 0 Å². The summed E-state index contributed by atoms with van der Waals surface area (Å²) >= 11 is 0. The van der Waals surface area contributed by atoms with Crippen LogP contribution >= 0.6 is 0 Å². The topological polar surface area (TPSA) is 45.2 Å². The van der Waals surface area contributed by atoms with E-state index >= 15 is 0 Å². The molecule has 2 aliphatic rings. The highest BCUT2D eigenvalue weighted by molar-refractivity contribution is 6.01. The highest BCUT2D eigenvalue weighted by Crippen LogP contribution is 2.29. The van der Waals surface area contributed by atoms with E-state index in [9.17, 15) is 4.79 Å². The van der Waals surface area contributed by atoms with Gasteiger partial charge in [0.1, 0.15) is 0 Å². The number of hydrogen-bond donors (Lipinski definition) is 1. The molecule has 14 heavy (non-hydrogen) atoms. The van der Waals surface area contributed by atoms with Crippen LogP contribution in [-0.2, 0) is 4.79 Å². The summed E-state index contributed by atoms with van der Waals surface area (Å²) in [7, 11) is 0. The SMILES string of the molecule is O=C1C2CC(CN2)N1c1cccnc1. The molecule has 4 heteroatoms. The molecule has 2 aliphatic heterocycles. The molecule has 0 saturated carbocycles. The van der Waals surface area contributed by atoms with Crippen LogP contribution < -0.4 is 10.2 Å². The fourth-order valence-corrected chi connectivity index (χ4v) is 2.28. The van der Waals surface area contributed by atoms with Crippen molar-refractivity contribution in [3.8, 4) is 0 Å². The highest BCUT2D eigenvalue weighted by Gasteiger charge is 2.45. The van der Waals surface area contributed by atoms with E-state index in [2.05, 4.69) is 10.3 Å². The zero-order chi connectivity index (χ0) is 9.54. The first-order valence-corrected chi connectivity index (χ1v) is 4.83. The highest BCUT2D eigenvalue weighted by atomic mass is 16.2. The van der Waals surface area contributed by atoms with Gasteiger partial charge < -0.3 is 10.2 Å². The first kappa shape index (κ1) is 7.94. The predicted octanol–water partition coefficient (Wildman–Crippen LogP) is 0.159. The Morgan fingerprint density at radius 2 is 2.50 bits per heavy atom. The van der Waals surface area contributed by atoms with Gasteiger partial charge in [0, 0.05) is 12.7 Å². The van der Waals surface area contributed by atoms with E-state index in [1.807, 2.05) is 17.0 Å². The number of fused-ring (bicyclic) bond motifs is 2. The molecule has 2 atom stereocenters. The molecule has 3 rings (SSSR count). The van der Waals surface area contributed by atoms with Crippen molar-refractivity contribution in [2.24, 2.45) is 0 Å². The van der Waals surface area contributed by atoms with Gasteiger partial charge >= 0.3 is 0 Å². The molecule has 4 nitrogen and oxygen atoms in total. The minimum atomic E-state index is 0.0419. The van der Waals surface area contributed by atoms with Crippen LogP contribution in [0.4, 0.5) is 5.69 Å². The average molecular weight is 189 g/mol. The van der Waals surface area contributed by atoms with Gasteiger partial charge in [-0.2, -0.15) is 0 Å². The Balaban J connectivity index is 1.97. The molecule has 1 amide bonds. The van der Waals surface area contributed by atoms with E-state index in [0.717, 1.165) is 18.7 Å². The monoisotopic (exact) mass is 189 g/mol. The predicted molar refractivity (Wildman–Crippen MR) is 51.9 cm³/mol. The van der Waals surface area contributed by atoms with Crippen molar-refractivity contribution in [3.05, 3.63) is 24.5 Å². The Morgan fingerprint density at radius 3 is 3.14 bits per heavy atom. The summed E-state index contributed by atoms with van der Waals surface area (Å²) in [6, 6.07) is 4.17. The molecule has 1 aromatic heterocycles. The molecule has 3 heterocycles. The number of pyridine rings is 1. The number of rotatable bonds is 1. The van der Waals surface area contributed by atoms with Gasteiger partial charge in [0.15, 0.2) is 0 Å². The molecular weight excluding hydrogens is 178 g/mol. The van der Waals surface area contributed by atoms with Gasteiger partial charge in [0.05, 0.1) is 24.0 Å². The van der Waals surface area contributed by atoms with Crippen LogP contribution in [0.25, 0.3) is 0 Å². The van der Waals surface area contributed by atoms with Crippen molar-refractivity contribution >= 4 is 11.6 Å². The summed E-state index contributed by atoms with van der Waals surface area (Å²) in [6.45, 7) is 0.908. The fourth-order valence-electron chi connectivity index (χ4n) is 2.28. The summed E-state index contributed by atoms with van der Waals surface area (Å²) < 4.78 is 0. The lowest BCUT2D eigenvalue weighted by molar-refractivity contribution is -0.119. The van der Waals surface area contributed by atoms with Crippen LogP contribution in [0.2, 0.25) is 0 Å². The second-order valence-electron chi connectivity index (χ2n) is 3.77. The lowest BCUT2D eigenvalue weighted by Gasteiger charge is -2.26. The van der Waals surface area contributed by atoms with Crippen LogP contribution in [0.1, 0.15) is 6.42 Å². The number of piperazine rings is 1. The maximum Gasteiger partial charge on any atom is 0.244 e. The molecule has 2 saturated heterocycles. The summed E-state index contributed by atoms with van der Waals surface area (Å²) in [4.78, 5) is 17.7. The number of anilines is 1. The van der Waals surface area contributed by atoms with Crippen LogP contribution in [-0.4, -0.2) is 29.5 Å². The van der Waals surface area contributed by atoms with Gasteiger partial charge in [-0.05, 0) is 18.6 Å². The lowest BCUT2D eigenvalue weighted by atomic mass is 10.2. The van der Waals surface area contributed by atoms with Gasteiger partial charge in [-0.25, -0.2) is 0 Å². The zero-order valence-electron chi connectivity index (χ0n) is 7.68. The van der Waals surface area contributed by atoms with Crippen molar-refractivity contribution < 1.29 is 4.79 Å². The van der Waals surface area contributed by atoms with Gasteiger partial charge in [-0.3, -0.25) is 9.78 Å². The first-order valence-electron chi connectivity index (χ1n) is 4.83. The van der Waals surface area contributed by atoms with Crippen molar-refractivity contribution in [2.75, 3.05) is 11.4 Å².